The molecule has 1 amide bonds. The minimum Gasteiger partial charge on any atom is -0.330 e. The van der Waals surface area contributed by atoms with E-state index in [1.807, 2.05) is 29.2 Å². The molecule has 0 unspecified atom stereocenters. The van der Waals surface area contributed by atoms with Crippen molar-refractivity contribution in [2.45, 2.75) is 39.2 Å². The van der Waals surface area contributed by atoms with Crippen LogP contribution in [-0.4, -0.2) is 50.6 Å². The molecule has 1 aliphatic rings. The average molecular weight is 412 g/mol. The number of carbonyl (C=O) groups excluding carboxylic acids is 1. The Bertz CT molecular complexity index is 1050. The maximum absolute atomic E-state index is 13.2. The van der Waals surface area contributed by atoms with Crippen LogP contribution in [0.2, 0.25) is 5.02 Å². The van der Waals surface area contributed by atoms with Crippen LogP contribution in [0.15, 0.2) is 36.5 Å². The van der Waals surface area contributed by atoms with Gasteiger partial charge in [0.2, 0.25) is 0 Å². The minimum atomic E-state index is -0.256. The van der Waals surface area contributed by atoms with Gasteiger partial charge < -0.3 is 10.2 Å². The van der Waals surface area contributed by atoms with E-state index in [1.165, 1.54) is 0 Å². The average Bonchev–Trinajstić information content (AvgIpc) is 3.11. The van der Waals surface area contributed by atoms with Crippen LogP contribution >= 0.6 is 11.6 Å². The molecule has 0 spiro atoms. The molecular formula is C22H26ClN5O. The van der Waals surface area contributed by atoms with E-state index >= 15 is 0 Å². The van der Waals surface area contributed by atoms with Crippen molar-refractivity contribution in [1.29, 1.82) is 0 Å². The number of halogens is 1. The fourth-order valence-electron chi connectivity index (χ4n) is 3.79. The van der Waals surface area contributed by atoms with Gasteiger partial charge in [-0.25, -0.2) is 9.50 Å². The van der Waals surface area contributed by atoms with Gasteiger partial charge in [0.05, 0.1) is 17.4 Å². The van der Waals surface area contributed by atoms with Crippen molar-refractivity contribution in [1.82, 2.24) is 24.8 Å². The van der Waals surface area contributed by atoms with Gasteiger partial charge in [-0.3, -0.25) is 4.79 Å². The monoisotopic (exact) mass is 411 g/mol. The number of nitrogens with zero attached hydrogens (tertiary/aromatic N) is 4. The predicted octanol–water partition coefficient (Wildman–Crippen LogP) is 4.00. The summed E-state index contributed by atoms with van der Waals surface area (Å²) in [6.07, 6.45) is 1.75. The van der Waals surface area contributed by atoms with E-state index in [2.05, 4.69) is 39.1 Å². The van der Waals surface area contributed by atoms with Crippen LogP contribution in [0.3, 0.4) is 0 Å². The molecule has 0 atom stereocenters. The van der Waals surface area contributed by atoms with E-state index < -0.39 is 0 Å². The second kappa shape index (κ2) is 7.43. The van der Waals surface area contributed by atoms with Crippen molar-refractivity contribution in [3.63, 3.8) is 0 Å². The van der Waals surface area contributed by atoms with Crippen LogP contribution in [0.5, 0.6) is 0 Å². The minimum absolute atomic E-state index is 0.0512. The standard InChI is InChI=1S/C22H26ClN5O/c1-14(2)17-11-18(15-5-7-16(23)8-6-15)26-28-12-19(25-20(17)28)21(29)27-10-9-24-13-22(27,3)4/h5-8,11-12,14,24H,9-10,13H2,1-4H3. The van der Waals surface area contributed by atoms with E-state index in [9.17, 15) is 4.79 Å². The molecule has 3 heterocycles. The topological polar surface area (TPSA) is 62.5 Å². The van der Waals surface area contributed by atoms with Crippen molar-refractivity contribution < 1.29 is 4.79 Å². The van der Waals surface area contributed by atoms with E-state index in [0.717, 1.165) is 35.6 Å². The largest absolute Gasteiger partial charge is 0.330 e. The van der Waals surface area contributed by atoms with Gasteiger partial charge in [-0.1, -0.05) is 37.6 Å². The molecular weight excluding hydrogens is 386 g/mol. The molecule has 2 aromatic heterocycles. The van der Waals surface area contributed by atoms with E-state index in [4.69, 9.17) is 21.7 Å². The smallest absolute Gasteiger partial charge is 0.274 e. The lowest BCUT2D eigenvalue weighted by Gasteiger charge is -2.42. The highest BCUT2D eigenvalue weighted by molar-refractivity contribution is 6.30. The third-order valence-electron chi connectivity index (χ3n) is 5.48. The molecule has 0 radical (unpaired) electrons. The Morgan fingerprint density at radius 3 is 2.62 bits per heavy atom. The molecule has 0 aliphatic carbocycles. The normalized spacial score (nSPS) is 16.6. The Hall–Kier alpha value is -2.44. The fourth-order valence-corrected chi connectivity index (χ4v) is 3.91. The quantitative estimate of drug-likeness (QED) is 0.707. The van der Waals surface area contributed by atoms with Crippen LogP contribution in [0, 0.1) is 0 Å². The number of amides is 1. The second-order valence-corrected chi connectivity index (χ2v) is 8.92. The lowest BCUT2D eigenvalue weighted by molar-refractivity contribution is 0.0472. The number of aromatic nitrogens is 3. The molecule has 6 nitrogen and oxygen atoms in total. The number of rotatable bonds is 3. The Morgan fingerprint density at radius 1 is 1.24 bits per heavy atom. The number of hydrogen-bond acceptors (Lipinski definition) is 4. The number of piperazine rings is 1. The summed E-state index contributed by atoms with van der Waals surface area (Å²) in [6.45, 7) is 10.6. The van der Waals surface area contributed by atoms with Gasteiger partial charge in [0.25, 0.3) is 5.91 Å². The highest BCUT2D eigenvalue weighted by Gasteiger charge is 2.35. The zero-order valence-electron chi connectivity index (χ0n) is 17.2. The van der Waals surface area contributed by atoms with Crippen LogP contribution < -0.4 is 5.32 Å². The van der Waals surface area contributed by atoms with Gasteiger partial charge in [0.1, 0.15) is 5.69 Å². The number of benzene rings is 1. The molecule has 29 heavy (non-hydrogen) atoms. The predicted molar refractivity (Wildman–Crippen MR) is 116 cm³/mol. The maximum atomic E-state index is 13.2. The fraction of sp³-hybridized carbons (Fsp3) is 0.409. The van der Waals surface area contributed by atoms with Crippen molar-refractivity contribution in [2.75, 3.05) is 19.6 Å². The Labute approximate surface area is 175 Å². The van der Waals surface area contributed by atoms with E-state index in [1.54, 1.807) is 10.7 Å². The van der Waals surface area contributed by atoms with Gasteiger partial charge in [0, 0.05) is 35.8 Å². The number of hydrogen-bond donors (Lipinski definition) is 1. The molecule has 1 aromatic carbocycles. The number of imidazole rings is 1. The molecule has 1 saturated heterocycles. The van der Waals surface area contributed by atoms with Crippen LogP contribution in [0.4, 0.5) is 0 Å². The lowest BCUT2D eigenvalue weighted by Crippen LogP contribution is -2.59. The zero-order valence-corrected chi connectivity index (χ0v) is 18.0. The molecule has 1 aliphatic heterocycles. The van der Waals surface area contributed by atoms with Crippen LogP contribution in [0.1, 0.15) is 49.7 Å². The van der Waals surface area contributed by atoms with Gasteiger partial charge >= 0.3 is 0 Å². The summed E-state index contributed by atoms with van der Waals surface area (Å²) in [5.74, 6) is 0.192. The number of fused-ring (bicyclic) bond motifs is 1. The first-order valence-electron chi connectivity index (χ1n) is 9.95. The first-order valence-corrected chi connectivity index (χ1v) is 10.3. The van der Waals surface area contributed by atoms with Crippen molar-refractivity contribution >= 4 is 23.2 Å². The van der Waals surface area contributed by atoms with Crippen molar-refractivity contribution in [2.24, 2.45) is 0 Å². The third-order valence-corrected chi connectivity index (χ3v) is 5.73. The summed E-state index contributed by atoms with van der Waals surface area (Å²) in [5, 5.41) is 8.77. The number of carbonyl (C=O) groups is 1. The van der Waals surface area contributed by atoms with Crippen LogP contribution in [0.25, 0.3) is 16.9 Å². The van der Waals surface area contributed by atoms with Gasteiger partial charge in [-0.05, 0) is 38.0 Å². The molecule has 1 N–H and O–H groups in total. The Morgan fingerprint density at radius 2 is 1.97 bits per heavy atom. The zero-order chi connectivity index (χ0) is 20.8. The first-order chi connectivity index (χ1) is 13.8. The van der Waals surface area contributed by atoms with Gasteiger partial charge in [0.15, 0.2) is 5.65 Å². The molecule has 0 saturated carbocycles. The Balaban J connectivity index is 1.79. The highest BCUT2D eigenvalue weighted by atomic mass is 35.5. The summed E-state index contributed by atoms with van der Waals surface area (Å²) in [7, 11) is 0. The molecule has 152 valence electrons. The second-order valence-electron chi connectivity index (χ2n) is 8.49. The van der Waals surface area contributed by atoms with E-state index in [0.29, 0.717) is 17.3 Å². The summed E-state index contributed by atoms with van der Waals surface area (Å²) in [6, 6.07) is 9.67. The van der Waals surface area contributed by atoms with Gasteiger partial charge in [-0.2, -0.15) is 5.10 Å². The summed E-state index contributed by atoms with van der Waals surface area (Å²) in [4.78, 5) is 19.8. The summed E-state index contributed by atoms with van der Waals surface area (Å²) >= 11 is 6.03. The molecule has 3 aromatic rings. The van der Waals surface area contributed by atoms with Crippen LogP contribution in [-0.2, 0) is 0 Å². The molecule has 0 bridgehead atoms. The van der Waals surface area contributed by atoms with Gasteiger partial charge in [-0.15, -0.1) is 0 Å². The van der Waals surface area contributed by atoms with Crippen molar-refractivity contribution in [3.05, 3.63) is 52.8 Å². The number of nitrogens with one attached hydrogen (secondary N) is 1. The van der Waals surface area contributed by atoms with E-state index in [-0.39, 0.29) is 17.4 Å². The van der Waals surface area contributed by atoms with Crippen molar-refractivity contribution in [3.8, 4) is 11.3 Å². The first kappa shape index (κ1) is 19.9. The molecule has 1 fully saturated rings. The lowest BCUT2D eigenvalue weighted by atomic mass is 10.00. The molecule has 4 rings (SSSR count). The summed E-state index contributed by atoms with van der Waals surface area (Å²) in [5.41, 5.74) is 3.77. The third kappa shape index (κ3) is 3.74. The SMILES string of the molecule is CC(C)c1cc(-c2ccc(Cl)cc2)nn2cc(C(=O)N3CCNCC3(C)C)nc12. The summed E-state index contributed by atoms with van der Waals surface area (Å²) < 4.78 is 1.74. The highest BCUT2D eigenvalue weighted by Crippen LogP contribution is 2.27. The molecule has 7 heteroatoms. The maximum Gasteiger partial charge on any atom is 0.274 e. The Kier molecular flexibility index (Phi) is 5.09.